The molecule has 4 rings (SSSR count). The topological polar surface area (TPSA) is 60.3 Å². The van der Waals surface area contributed by atoms with Crippen molar-refractivity contribution in [2.45, 2.75) is 45.6 Å². The predicted molar refractivity (Wildman–Crippen MR) is 111 cm³/mol. The minimum absolute atomic E-state index is 0.0868. The Kier molecular flexibility index (Phi) is 3.99. The van der Waals surface area contributed by atoms with Crippen molar-refractivity contribution in [2.75, 3.05) is 12.3 Å². The number of halogens is 1. The van der Waals surface area contributed by atoms with Gasteiger partial charge >= 0.3 is 0 Å². The van der Waals surface area contributed by atoms with Crippen molar-refractivity contribution in [1.29, 1.82) is 0 Å². The third-order valence-electron chi connectivity index (χ3n) is 5.31. The smallest absolute Gasteiger partial charge is 0.149 e. The Morgan fingerprint density at radius 2 is 1.89 bits per heavy atom. The first-order chi connectivity index (χ1) is 12.6. The number of aromatic nitrogens is 1. The summed E-state index contributed by atoms with van der Waals surface area (Å²) in [5, 5.41) is 1.67. The molecule has 0 bridgehead atoms. The number of nitrogen functional groups attached to an aromatic ring is 1. The number of hydrogen-bond acceptors (Lipinski definition) is 3. The molecule has 0 unspecified atom stereocenters. The van der Waals surface area contributed by atoms with Crippen LogP contribution in [-0.4, -0.2) is 11.6 Å². The molecule has 4 nitrogen and oxygen atoms in total. The van der Waals surface area contributed by atoms with E-state index in [1.54, 1.807) is 6.07 Å². The maximum absolute atomic E-state index is 6.35. The number of ether oxygens (including phenoxy) is 2. The van der Waals surface area contributed by atoms with Crippen LogP contribution in [0.15, 0.2) is 30.3 Å². The normalized spacial score (nSPS) is 17.7. The average Bonchev–Trinajstić information content (AvgIpc) is 2.96. The summed E-state index contributed by atoms with van der Waals surface area (Å²) >= 11 is 6.35. The van der Waals surface area contributed by atoms with Gasteiger partial charge < -0.3 is 20.2 Å². The first kappa shape index (κ1) is 18.2. The van der Waals surface area contributed by atoms with Crippen LogP contribution in [0.4, 0.5) is 5.69 Å². The molecule has 27 heavy (non-hydrogen) atoms. The number of nitrogens with two attached hydrogens (primary N) is 1. The fraction of sp³-hybridized carbons (Fsp3) is 0.364. The van der Waals surface area contributed by atoms with E-state index in [0.717, 1.165) is 27.9 Å². The van der Waals surface area contributed by atoms with Gasteiger partial charge in [-0.25, -0.2) is 0 Å². The van der Waals surface area contributed by atoms with Crippen molar-refractivity contribution in [1.82, 2.24) is 4.98 Å². The maximum atomic E-state index is 6.35. The summed E-state index contributed by atoms with van der Waals surface area (Å²) in [6, 6.07) is 9.66. The minimum atomic E-state index is -0.345. The van der Waals surface area contributed by atoms with E-state index in [1.165, 1.54) is 5.56 Å². The highest BCUT2D eigenvalue weighted by atomic mass is 35.5. The van der Waals surface area contributed by atoms with E-state index < -0.39 is 0 Å². The van der Waals surface area contributed by atoms with Crippen LogP contribution >= 0.6 is 11.6 Å². The van der Waals surface area contributed by atoms with Gasteiger partial charge in [0.15, 0.2) is 0 Å². The molecule has 0 saturated carbocycles. The van der Waals surface area contributed by atoms with Crippen molar-refractivity contribution in [3.63, 3.8) is 0 Å². The lowest BCUT2D eigenvalue weighted by Crippen LogP contribution is -2.39. The molecule has 1 aliphatic heterocycles. The van der Waals surface area contributed by atoms with Crippen LogP contribution in [0.2, 0.25) is 5.02 Å². The summed E-state index contributed by atoms with van der Waals surface area (Å²) in [6.45, 7) is 11.2. The third kappa shape index (κ3) is 2.97. The van der Waals surface area contributed by atoms with E-state index in [9.17, 15) is 0 Å². The summed E-state index contributed by atoms with van der Waals surface area (Å²) in [7, 11) is 0. The summed E-state index contributed by atoms with van der Waals surface area (Å²) in [5.41, 5.74) is 10.5. The van der Waals surface area contributed by atoms with Gasteiger partial charge in [0.1, 0.15) is 17.1 Å². The van der Waals surface area contributed by atoms with Crippen molar-refractivity contribution in [3.8, 4) is 11.5 Å². The lowest BCUT2D eigenvalue weighted by molar-refractivity contribution is -0.0607. The van der Waals surface area contributed by atoms with Crippen molar-refractivity contribution in [3.05, 3.63) is 52.2 Å². The van der Waals surface area contributed by atoms with E-state index >= 15 is 0 Å². The average molecular weight is 385 g/mol. The number of hydrogen-bond donors (Lipinski definition) is 2. The molecule has 0 spiro atoms. The summed E-state index contributed by atoms with van der Waals surface area (Å²) < 4.78 is 12.3. The number of benzene rings is 2. The first-order valence-corrected chi connectivity index (χ1v) is 9.50. The fourth-order valence-electron chi connectivity index (χ4n) is 3.90. The molecule has 2 aromatic carbocycles. The van der Waals surface area contributed by atoms with Crippen LogP contribution in [0, 0.1) is 6.92 Å². The van der Waals surface area contributed by atoms with Crippen LogP contribution < -0.4 is 10.5 Å². The van der Waals surface area contributed by atoms with Gasteiger partial charge in [0.2, 0.25) is 0 Å². The Morgan fingerprint density at radius 3 is 2.59 bits per heavy atom. The van der Waals surface area contributed by atoms with Gasteiger partial charge in [0.25, 0.3) is 0 Å². The zero-order valence-corrected chi connectivity index (χ0v) is 17.1. The van der Waals surface area contributed by atoms with E-state index in [-0.39, 0.29) is 11.0 Å². The summed E-state index contributed by atoms with van der Waals surface area (Å²) in [5.74, 6) is 1.39. The first-order valence-electron chi connectivity index (χ1n) is 9.12. The van der Waals surface area contributed by atoms with Crippen molar-refractivity contribution >= 4 is 28.2 Å². The van der Waals surface area contributed by atoms with Crippen LogP contribution in [0.1, 0.15) is 44.5 Å². The quantitative estimate of drug-likeness (QED) is 0.529. The van der Waals surface area contributed by atoms with Gasteiger partial charge in [-0.2, -0.15) is 0 Å². The second-order valence-electron chi connectivity index (χ2n) is 8.52. The molecule has 3 aromatic rings. The largest absolute Gasteiger partial charge is 0.456 e. The molecule has 1 aliphatic rings. The van der Waals surface area contributed by atoms with Crippen molar-refractivity contribution < 1.29 is 9.47 Å². The third-order valence-corrected chi connectivity index (χ3v) is 5.60. The number of rotatable bonds is 2. The van der Waals surface area contributed by atoms with Gasteiger partial charge in [-0.1, -0.05) is 25.4 Å². The van der Waals surface area contributed by atoms with Gasteiger partial charge in [-0.15, -0.1) is 0 Å². The standard InChI is InChI=1S/C22H25ClN2O2/c1-12-8-13(24)9-16(23)19(12)27-14-6-7-17-15(10-14)18-20(25-17)22(4,5)26-11-21(18,2)3/h6-10,25H,11,24H2,1-5H3. The number of nitrogens with one attached hydrogen (secondary N) is 1. The Labute approximate surface area is 164 Å². The van der Waals surface area contributed by atoms with E-state index in [2.05, 4.69) is 44.8 Å². The number of anilines is 1. The number of H-pyrrole nitrogens is 1. The van der Waals surface area contributed by atoms with Crippen molar-refractivity contribution in [2.24, 2.45) is 0 Å². The number of fused-ring (bicyclic) bond motifs is 3. The molecule has 5 heteroatoms. The van der Waals surface area contributed by atoms with E-state index in [4.69, 9.17) is 26.8 Å². The molecule has 1 aromatic heterocycles. The number of aryl methyl sites for hydroxylation is 1. The van der Waals surface area contributed by atoms with Gasteiger partial charge in [0.05, 0.1) is 17.3 Å². The SMILES string of the molecule is Cc1cc(N)cc(Cl)c1Oc1ccc2[nH]c3c(c2c1)C(C)(C)COC3(C)C. The molecule has 0 fully saturated rings. The Bertz CT molecular complexity index is 1030. The van der Waals surface area contributed by atoms with E-state index in [1.807, 2.05) is 19.1 Å². The molecule has 0 aliphatic carbocycles. The molecule has 0 atom stereocenters. The molecule has 142 valence electrons. The summed E-state index contributed by atoms with van der Waals surface area (Å²) in [4.78, 5) is 3.56. The molecule has 3 N–H and O–H groups in total. The minimum Gasteiger partial charge on any atom is -0.456 e. The highest BCUT2D eigenvalue weighted by Crippen LogP contribution is 2.45. The second kappa shape index (κ2) is 5.91. The number of aromatic amines is 1. The molecule has 0 radical (unpaired) electrons. The second-order valence-corrected chi connectivity index (χ2v) is 8.92. The molecular weight excluding hydrogens is 360 g/mol. The Balaban J connectivity index is 1.84. The molecule has 0 amide bonds. The fourth-order valence-corrected chi connectivity index (χ4v) is 4.21. The van der Waals surface area contributed by atoms with Gasteiger partial charge in [-0.3, -0.25) is 0 Å². The monoisotopic (exact) mass is 384 g/mol. The highest BCUT2D eigenvalue weighted by molar-refractivity contribution is 6.32. The highest BCUT2D eigenvalue weighted by Gasteiger charge is 2.41. The van der Waals surface area contributed by atoms with Crippen LogP contribution in [0.3, 0.4) is 0 Å². The van der Waals surface area contributed by atoms with Crippen LogP contribution in [0.25, 0.3) is 10.9 Å². The molecule has 2 heterocycles. The predicted octanol–water partition coefficient (Wildman–Crippen LogP) is 6.05. The molecular formula is C22H25ClN2O2. The molecule has 0 saturated heterocycles. The van der Waals surface area contributed by atoms with Crippen LogP contribution in [-0.2, 0) is 15.8 Å². The summed E-state index contributed by atoms with van der Waals surface area (Å²) in [6.07, 6.45) is 0. The van der Waals surface area contributed by atoms with E-state index in [0.29, 0.717) is 23.1 Å². The van der Waals surface area contributed by atoms with Gasteiger partial charge in [-0.05, 0) is 62.2 Å². The zero-order chi connectivity index (χ0) is 19.6. The lowest BCUT2D eigenvalue weighted by Gasteiger charge is -2.39. The Hall–Kier alpha value is -2.17. The Morgan fingerprint density at radius 1 is 1.15 bits per heavy atom. The van der Waals surface area contributed by atoms with Gasteiger partial charge in [0, 0.05) is 22.0 Å². The zero-order valence-electron chi connectivity index (χ0n) is 16.4. The van der Waals surface area contributed by atoms with Crippen LogP contribution in [0.5, 0.6) is 11.5 Å². The lowest BCUT2D eigenvalue weighted by atomic mass is 9.78. The maximum Gasteiger partial charge on any atom is 0.149 e.